The van der Waals surface area contributed by atoms with E-state index in [0.717, 1.165) is 12.3 Å². The molecule has 1 aliphatic rings. The van der Waals surface area contributed by atoms with E-state index in [0.29, 0.717) is 28.0 Å². The number of anilines is 2. The van der Waals surface area contributed by atoms with Gasteiger partial charge in [-0.25, -0.2) is 4.68 Å². The standard InChI is InChI=1S/C21H10F6N6O2/c22-20(23,24)14-7-9(3-5-28-14)31-18(34)11-8-30-33(17(11)21(25,26)27)13-2-1-12-15-10(13)4-6-29-16(15)19(35)32-12/h1-8H,(H,32,35)(H,28,31,34). The average Bonchev–Trinajstić information content (AvgIpc) is 3.37. The molecule has 8 nitrogen and oxygen atoms in total. The largest absolute Gasteiger partial charge is 0.434 e. The molecule has 1 aliphatic heterocycles. The number of carbonyl (C=O) groups excluding carboxylic acids is 2. The first-order valence-electron chi connectivity index (χ1n) is 9.68. The molecule has 2 amide bonds. The van der Waals surface area contributed by atoms with Crippen LogP contribution in [0.4, 0.5) is 37.7 Å². The smallest absolute Gasteiger partial charge is 0.322 e. The monoisotopic (exact) mass is 492 g/mol. The summed E-state index contributed by atoms with van der Waals surface area (Å²) in [5.41, 5.74) is -3.81. The lowest BCUT2D eigenvalue weighted by molar-refractivity contribution is -0.143. The number of aromatic nitrogens is 4. The average molecular weight is 492 g/mol. The van der Waals surface area contributed by atoms with Gasteiger partial charge in [-0.2, -0.15) is 31.4 Å². The molecule has 0 atom stereocenters. The van der Waals surface area contributed by atoms with Gasteiger partial charge in [-0.15, -0.1) is 0 Å². The summed E-state index contributed by atoms with van der Waals surface area (Å²) >= 11 is 0. The Labute approximate surface area is 190 Å². The highest BCUT2D eigenvalue weighted by Crippen LogP contribution is 2.39. The Kier molecular flexibility index (Phi) is 4.79. The van der Waals surface area contributed by atoms with Gasteiger partial charge < -0.3 is 10.6 Å². The molecule has 178 valence electrons. The van der Waals surface area contributed by atoms with Crippen molar-refractivity contribution in [1.29, 1.82) is 0 Å². The van der Waals surface area contributed by atoms with Crippen LogP contribution >= 0.6 is 0 Å². The molecule has 1 aromatic carbocycles. The number of alkyl halides is 6. The van der Waals surface area contributed by atoms with Crippen LogP contribution in [-0.4, -0.2) is 31.6 Å². The minimum absolute atomic E-state index is 0.0242. The summed E-state index contributed by atoms with van der Waals surface area (Å²) in [5, 5.41) is 8.83. The number of amides is 2. The normalized spacial score (nSPS) is 13.3. The second-order valence-corrected chi connectivity index (χ2v) is 7.37. The van der Waals surface area contributed by atoms with Crippen molar-refractivity contribution in [3.63, 3.8) is 0 Å². The fourth-order valence-electron chi connectivity index (χ4n) is 3.76. The van der Waals surface area contributed by atoms with Gasteiger partial charge in [0.1, 0.15) is 11.4 Å². The van der Waals surface area contributed by atoms with E-state index < -0.39 is 46.8 Å². The van der Waals surface area contributed by atoms with Crippen molar-refractivity contribution in [3.05, 3.63) is 71.6 Å². The van der Waals surface area contributed by atoms with E-state index in [1.165, 1.54) is 24.4 Å². The van der Waals surface area contributed by atoms with Crippen molar-refractivity contribution in [3.8, 4) is 5.69 Å². The Bertz CT molecular complexity index is 1530. The number of halogens is 6. The van der Waals surface area contributed by atoms with Gasteiger partial charge in [0.2, 0.25) is 0 Å². The van der Waals surface area contributed by atoms with Crippen LogP contribution in [-0.2, 0) is 12.4 Å². The molecule has 5 rings (SSSR count). The first kappa shape index (κ1) is 22.3. The number of pyridine rings is 2. The first-order chi connectivity index (χ1) is 16.4. The Balaban J connectivity index is 1.61. The summed E-state index contributed by atoms with van der Waals surface area (Å²) in [7, 11) is 0. The van der Waals surface area contributed by atoms with Crippen LogP contribution in [0.15, 0.2) is 48.9 Å². The molecule has 0 fully saturated rings. The molecule has 0 spiro atoms. The minimum atomic E-state index is -5.08. The second kappa shape index (κ2) is 7.51. The number of nitrogens with one attached hydrogen (secondary N) is 2. The van der Waals surface area contributed by atoms with E-state index in [9.17, 15) is 35.9 Å². The third kappa shape index (κ3) is 3.72. The van der Waals surface area contributed by atoms with E-state index in [-0.39, 0.29) is 16.8 Å². The van der Waals surface area contributed by atoms with Gasteiger partial charge in [0.25, 0.3) is 11.8 Å². The fourth-order valence-corrected chi connectivity index (χ4v) is 3.76. The van der Waals surface area contributed by atoms with Gasteiger partial charge >= 0.3 is 12.4 Å². The zero-order valence-corrected chi connectivity index (χ0v) is 17.0. The lowest BCUT2D eigenvalue weighted by Gasteiger charge is -2.15. The Morgan fingerprint density at radius 2 is 1.71 bits per heavy atom. The maximum atomic E-state index is 14.1. The second-order valence-electron chi connectivity index (χ2n) is 7.37. The number of carbonyl (C=O) groups is 2. The molecule has 0 saturated heterocycles. The van der Waals surface area contributed by atoms with Gasteiger partial charge in [0, 0.05) is 28.9 Å². The van der Waals surface area contributed by atoms with Crippen LogP contribution in [0.25, 0.3) is 16.5 Å². The molecule has 35 heavy (non-hydrogen) atoms. The van der Waals surface area contributed by atoms with Crippen LogP contribution in [0.2, 0.25) is 0 Å². The molecule has 2 N–H and O–H groups in total. The van der Waals surface area contributed by atoms with Crippen molar-refractivity contribution in [2.75, 3.05) is 10.6 Å². The molecule has 0 bridgehead atoms. The Hall–Kier alpha value is -4.49. The predicted octanol–water partition coefficient (Wildman–Crippen LogP) is 4.67. The number of rotatable bonds is 3. The molecule has 0 aliphatic carbocycles. The van der Waals surface area contributed by atoms with E-state index in [1.807, 2.05) is 5.32 Å². The predicted molar refractivity (Wildman–Crippen MR) is 109 cm³/mol. The summed E-state index contributed by atoms with van der Waals surface area (Å²) in [6, 6.07) is 5.57. The number of benzene rings is 1. The molecular formula is C21H10F6N6O2. The summed E-state index contributed by atoms with van der Waals surface area (Å²) in [4.78, 5) is 31.8. The van der Waals surface area contributed by atoms with Crippen LogP contribution in [0.5, 0.6) is 0 Å². The Morgan fingerprint density at radius 3 is 2.43 bits per heavy atom. The van der Waals surface area contributed by atoms with Gasteiger partial charge in [-0.3, -0.25) is 19.6 Å². The van der Waals surface area contributed by atoms with Crippen molar-refractivity contribution in [1.82, 2.24) is 19.7 Å². The van der Waals surface area contributed by atoms with Crippen LogP contribution < -0.4 is 10.6 Å². The molecular weight excluding hydrogens is 482 g/mol. The zero-order valence-electron chi connectivity index (χ0n) is 17.0. The van der Waals surface area contributed by atoms with Gasteiger partial charge in [-0.1, -0.05) is 0 Å². The van der Waals surface area contributed by atoms with Gasteiger partial charge in [-0.05, 0) is 30.3 Å². The lowest BCUT2D eigenvalue weighted by Crippen LogP contribution is -2.21. The molecule has 0 saturated carbocycles. The van der Waals surface area contributed by atoms with E-state index in [1.54, 1.807) is 0 Å². The van der Waals surface area contributed by atoms with Crippen molar-refractivity contribution in [2.24, 2.45) is 0 Å². The summed E-state index contributed by atoms with van der Waals surface area (Å²) < 4.78 is 81.5. The maximum Gasteiger partial charge on any atom is 0.434 e. The van der Waals surface area contributed by atoms with E-state index in [2.05, 4.69) is 20.4 Å². The first-order valence-corrected chi connectivity index (χ1v) is 9.68. The van der Waals surface area contributed by atoms with Crippen molar-refractivity contribution in [2.45, 2.75) is 12.4 Å². The fraction of sp³-hybridized carbons (Fsp3) is 0.0952. The third-order valence-electron chi connectivity index (χ3n) is 5.19. The lowest BCUT2D eigenvalue weighted by atomic mass is 10.1. The minimum Gasteiger partial charge on any atom is -0.322 e. The van der Waals surface area contributed by atoms with Crippen LogP contribution in [0, 0.1) is 0 Å². The molecule has 0 radical (unpaired) electrons. The summed E-state index contributed by atoms with van der Waals surface area (Å²) in [6.07, 6.45) is -7.21. The molecule has 0 unspecified atom stereocenters. The van der Waals surface area contributed by atoms with Crippen LogP contribution in [0.3, 0.4) is 0 Å². The Morgan fingerprint density at radius 1 is 0.971 bits per heavy atom. The number of nitrogens with zero attached hydrogens (tertiary/aromatic N) is 4. The SMILES string of the molecule is O=C(Nc1ccnc(C(F)(F)F)c1)c1cnn(-c2ccc3c4c(nccc24)C(=O)N3)c1C(F)(F)F. The molecule has 4 heterocycles. The maximum absolute atomic E-state index is 14.1. The number of hydrogen-bond acceptors (Lipinski definition) is 5. The quantitative estimate of drug-likeness (QED) is 0.405. The highest BCUT2D eigenvalue weighted by Gasteiger charge is 2.41. The zero-order chi connectivity index (χ0) is 25.1. The van der Waals surface area contributed by atoms with Gasteiger partial charge in [0.05, 0.1) is 23.1 Å². The number of hydrogen-bond donors (Lipinski definition) is 2. The van der Waals surface area contributed by atoms with E-state index >= 15 is 0 Å². The molecule has 3 aromatic heterocycles. The molecule has 14 heteroatoms. The van der Waals surface area contributed by atoms with Crippen molar-refractivity contribution < 1.29 is 35.9 Å². The highest BCUT2D eigenvalue weighted by molar-refractivity contribution is 6.23. The van der Waals surface area contributed by atoms with Gasteiger partial charge in [0.15, 0.2) is 5.69 Å². The third-order valence-corrected chi connectivity index (χ3v) is 5.19. The summed E-state index contributed by atoms with van der Waals surface area (Å²) in [5.74, 6) is -1.85. The van der Waals surface area contributed by atoms with Crippen LogP contribution in [0.1, 0.15) is 32.2 Å². The topological polar surface area (TPSA) is 102 Å². The highest BCUT2D eigenvalue weighted by atomic mass is 19.4. The summed E-state index contributed by atoms with van der Waals surface area (Å²) in [6.45, 7) is 0. The van der Waals surface area contributed by atoms with Crippen molar-refractivity contribution >= 4 is 34.0 Å². The van der Waals surface area contributed by atoms with E-state index in [4.69, 9.17) is 0 Å². The molecule has 4 aromatic rings.